The predicted octanol–water partition coefficient (Wildman–Crippen LogP) is 2.25. The van der Waals surface area contributed by atoms with Crippen molar-refractivity contribution in [2.24, 2.45) is 0 Å². The summed E-state index contributed by atoms with van der Waals surface area (Å²) < 4.78 is 3.09. The van der Waals surface area contributed by atoms with Gasteiger partial charge in [0.05, 0.1) is 12.1 Å². The first-order valence-corrected chi connectivity index (χ1v) is 9.32. The fourth-order valence-electron chi connectivity index (χ4n) is 2.64. The molecule has 2 aromatic heterocycles. The fourth-order valence-corrected chi connectivity index (χ4v) is 4.38. The molecule has 0 saturated carbocycles. The van der Waals surface area contributed by atoms with Crippen LogP contribution in [-0.4, -0.2) is 49.4 Å². The third-order valence-electron chi connectivity index (χ3n) is 3.81. The Morgan fingerprint density at radius 2 is 2.09 bits per heavy atom. The third kappa shape index (κ3) is 3.67. The number of nitrogens with zero attached hydrogens (tertiary/aromatic N) is 5. The second kappa shape index (κ2) is 7.23. The molecule has 0 radical (unpaired) electrons. The van der Waals surface area contributed by atoms with Crippen molar-refractivity contribution >= 4 is 29.0 Å². The third-order valence-corrected chi connectivity index (χ3v) is 5.76. The highest BCUT2D eigenvalue weighted by atomic mass is 32.2. The minimum absolute atomic E-state index is 0.181. The molecule has 3 heterocycles. The summed E-state index contributed by atoms with van der Waals surface area (Å²) >= 11 is 3.35. The van der Waals surface area contributed by atoms with Gasteiger partial charge in [-0.05, 0) is 18.6 Å². The Morgan fingerprint density at radius 1 is 1.36 bits per heavy atom. The van der Waals surface area contributed by atoms with E-state index in [9.17, 15) is 4.79 Å². The van der Waals surface area contributed by atoms with Gasteiger partial charge in [0.15, 0.2) is 0 Å². The summed E-state index contributed by atoms with van der Waals surface area (Å²) in [5.74, 6) is 1.19. The lowest BCUT2D eigenvalue weighted by Gasteiger charge is -2.32. The minimum atomic E-state index is 0.181. The van der Waals surface area contributed by atoms with Crippen molar-refractivity contribution in [2.45, 2.75) is 36.6 Å². The molecule has 8 heteroatoms. The minimum Gasteiger partial charge on any atom is -0.342 e. The molecule has 6 nitrogen and oxygen atoms in total. The Morgan fingerprint density at radius 3 is 2.77 bits per heavy atom. The molecular weight excluding hydrogens is 318 g/mol. The highest BCUT2D eigenvalue weighted by molar-refractivity contribution is 8.00. The average molecular weight is 337 g/mol. The Hall–Kier alpha value is -1.41. The van der Waals surface area contributed by atoms with E-state index in [1.807, 2.05) is 14.8 Å². The van der Waals surface area contributed by atoms with Crippen molar-refractivity contribution in [1.29, 1.82) is 0 Å². The van der Waals surface area contributed by atoms with Gasteiger partial charge in [-0.3, -0.25) is 4.79 Å². The van der Waals surface area contributed by atoms with E-state index in [2.05, 4.69) is 22.1 Å². The largest absolute Gasteiger partial charge is 0.342 e. The Labute approximate surface area is 137 Å². The molecule has 0 bridgehead atoms. The molecule has 1 fully saturated rings. The van der Waals surface area contributed by atoms with E-state index < -0.39 is 0 Å². The Bertz CT molecular complexity index is 605. The lowest BCUT2D eigenvalue weighted by Crippen LogP contribution is -2.39. The zero-order valence-electron chi connectivity index (χ0n) is 12.5. The van der Waals surface area contributed by atoms with Crippen LogP contribution in [0.2, 0.25) is 0 Å². The average Bonchev–Trinajstić information content (AvgIpc) is 3.20. The van der Waals surface area contributed by atoms with E-state index >= 15 is 0 Å². The topological polar surface area (TPSA) is 63.9 Å². The van der Waals surface area contributed by atoms with E-state index in [4.69, 9.17) is 0 Å². The molecule has 1 aliphatic rings. The van der Waals surface area contributed by atoms with E-state index in [1.54, 1.807) is 35.8 Å². The lowest BCUT2D eigenvalue weighted by molar-refractivity contribution is -0.131. The number of likely N-dealkylation sites (tertiary alicyclic amines) is 1. The van der Waals surface area contributed by atoms with Crippen LogP contribution in [0.15, 0.2) is 22.4 Å². The smallest absolute Gasteiger partial charge is 0.228 e. The fraction of sp³-hybridized carbons (Fsp3) is 0.571. The van der Waals surface area contributed by atoms with Crippen LogP contribution in [0.5, 0.6) is 0 Å². The summed E-state index contributed by atoms with van der Waals surface area (Å²) in [5, 5.41) is 9.70. The van der Waals surface area contributed by atoms with Crippen LogP contribution in [0.1, 0.15) is 31.5 Å². The van der Waals surface area contributed by atoms with Crippen molar-refractivity contribution in [3.8, 4) is 0 Å². The Kier molecular flexibility index (Phi) is 5.09. The quantitative estimate of drug-likeness (QED) is 0.783. The molecule has 22 heavy (non-hydrogen) atoms. The molecule has 0 aliphatic carbocycles. The maximum Gasteiger partial charge on any atom is 0.228 e. The van der Waals surface area contributed by atoms with Crippen LogP contribution in [0.25, 0.3) is 0 Å². The summed E-state index contributed by atoms with van der Waals surface area (Å²) in [7, 11) is 0. The summed E-state index contributed by atoms with van der Waals surface area (Å²) in [4.78, 5) is 18.8. The maximum atomic E-state index is 12.4. The van der Waals surface area contributed by atoms with Crippen molar-refractivity contribution in [2.75, 3.05) is 18.8 Å². The standard InChI is InChI=1S/C14H19N5OS2/c1-2-21-14-17-11(8-22-14)7-13(20)18-5-3-12(4-6-18)19-9-15-16-10-19/h8-10,12H,2-7H2,1H3. The second-order valence-electron chi connectivity index (χ2n) is 5.24. The van der Waals surface area contributed by atoms with Crippen molar-refractivity contribution in [3.63, 3.8) is 0 Å². The van der Waals surface area contributed by atoms with Crippen LogP contribution in [-0.2, 0) is 11.2 Å². The van der Waals surface area contributed by atoms with Crippen molar-refractivity contribution in [1.82, 2.24) is 24.6 Å². The van der Waals surface area contributed by atoms with Crippen molar-refractivity contribution < 1.29 is 4.79 Å². The van der Waals surface area contributed by atoms with Gasteiger partial charge in [-0.2, -0.15) is 0 Å². The maximum absolute atomic E-state index is 12.4. The SMILES string of the molecule is CCSc1nc(CC(=O)N2CCC(n3cnnc3)CC2)cs1. The zero-order valence-corrected chi connectivity index (χ0v) is 14.1. The first-order valence-electron chi connectivity index (χ1n) is 7.45. The van der Waals surface area contributed by atoms with Gasteiger partial charge in [-0.15, -0.1) is 21.5 Å². The summed E-state index contributed by atoms with van der Waals surface area (Å²) in [5.41, 5.74) is 0.895. The number of carbonyl (C=O) groups excluding carboxylic acids is 1. The van der Waals surface area contributed by atoms with Crippen LogP contribution >= 0.6 is 23.1 Å². The summed E-state index contributed by atoms with van der Waals surface area (Å²) in [6, 6.07) is 0.408. The van der Waals surface area contributed by atoms with Crippen LogP contribution in [0.3, 0.4) is 0 Å². The number of rotatable bonds is 5. The molecule has 0 N–H and O–H groups in total. The van der Waals surface area contributed by atoms with Gasteiger partial charge >= 0.3 is 0 Å². The van der Waals surface area contributed by atoms with E-state index in [0.717, 1.165) is 41.7 Å². The second-order valence-corrected chi connectivity index (χ2v) is 7.60. The first-order chi connectivity index (χ1) is 10.8. The molecule has 3 rings (SSSR count). The molecule has 1 saturated heterocycles. The molecule has 0 atom stereocenters. The molecule has 0 spiro atoms. The molecule has 0 aromatic carbocycles. The van der Waals surface area contributed by atoms with E-state index in [0.29, 0.717) is 12.5 Å². The Balaban J connectivity index is 1.51. The van der Waals surface area contributed by atoms with Gasteiger partial charge in [-0.1, -0.05) is 18.7 Å². The zero-order chi connectivity index (χ0) is 15.4. The highest BCUT2D eigenvalue weighted by Gasteiger charge is 2.24. The number of aromatic nitrogens is 4. The number of piperidine rings is 1. The van der Waals surface area contributed by atoms with E-state index in [-0.39, 0.29) is 5.91 Å². The number of hydrogen-bond acceptors (Lipinski definition) is 6. The van der Waals surface area contributed by atoms with Crippen molar-refractivity contribution in [3.05, 3.63) is 23.7 Å². The van der Waals surface area contributed by atoms with Gasteiger partial charge in [0.25, 0.3) is 0 Å². The lowest BCUT2D eigenvalue weighted by atomic mass is 10.0. The molecular formula is C14H19N5OS2. The molecule has 118 valence electrons. The van der Waals surface area contributed by atoms with E-state index in [1.165, 1.54) is 0 Å². The number of hydrogen-bond donors (Lipinski definition) is 0. The van der Waals surface area contributed by atoms with Gasteiger partial charge in [0.2, 0.25) is 5.91 Å². The van der Waals surface area contributed by atoms with Gasteiger partial charge in [0.1, 0.15) is 17.0 Å². The van der Waals surface area contributed by atoms with Crippen LogP contribution in [0.4, 0.5) is 0 Å². The van der Waals surface area contributed by atoms with Crippen LogP contribution in [0, 0.1) is 0 Å². The number of amides is 1. The number of thioether (sulfide) groups is 1. The summed E-state index contributed by atoms with van der Waals surface area (Å²) in [6.45, 7) is 3.70. The molecule has 1 aliphatic heterocycles. The molecule has 1 amide bonds. The summed E-state index contributed by atoms with van der Waals surface area (Å²) in [6.07, 6.45) is 5.84. The molecule has 0 unspecified atom stereocenters. The monoisotopic (exact) mass is 337 g/mol. The predicted molar refractivity (Wildman–Crippen MR) is 87.1 cm³/mol. The van der Waals surface area contributed by atoms with Crippen LogP contribution < -0.4 is 0 Å². The van der Waals surface area contributed by atoms with Gasteiger partial charge in [-0.25, -0.2) is 4.98 Å². The number of carbonyl (C=O) groups is 1. The molecule has 2 aromatic rings. The highest BCUT2D eigenvalue weighted by Crippen LogP contribution is 2.24. The normalized spacial score (nSPS) is 16.1. The van der Waals surface area contributed by atoms with Gasteiger partial charge in [0, 0.05) is 24.5 Å². The van der Waals surface area contributed by atoms with Gasteiger partial charge < -0.3 is 9.47 Å². The number of thiazole rings is 1. The first kappa shape index (κ1) is 15.5.